The molecule has 0 radical (unpaired) electrons. The number of rotatable bonds is 8. The molecule has 1 atom stereocenters. The lowest BCUT2D eigenvalue weighted by Crippen LogP contribution is -2.41. The second kappa shape index (κ2) is 10.4. The summed E-state index contributed by atoms with van der Waals surface area (Å²) in [7, 11) is 3.94. The monoisotopic (exact) mass is 346 g/mol. The Morgan fingerprint density at radius 2 is 1.88 bits per heavy atom. The minimum Gasteiger partial charge on any atom is -0.381 e. The van der Waals surface area contributed by atoms with Crippen LogP contribution in [0.25, 0.3) is 0 Å². The Kier molecular flexibility index (Phi) is 8.22. The van der Waals surface area contributed by atoms with E-state index >= 15 is 0 Å². The summed E-state index contributed by atoms with van der Waals surface area (Å²) in [6, 6.07) is 8.89. The molecule has 1 heterocycles. The van der Waals surface area contributed by atoms with Crippen molar-refractivity contribution in [3.05, 3.63) is 35.4 Å². The minimum absolute atomic E-state index is 0.614. The van der Waals surface area contributed by atoms with E-state index in [1.165, 1.54) is 11.1 Å². The average molecular weight is 347 g/mol. The van der Waals surface area contributed by atoms with Crippen molar-refractivity contribution in [3.8, 4) is 0 Å². The van der Waals surface area contributed by atoms with Crippen LogP contribution in [0, 0.1) is 5.92 Å². The Morgan fingerprint density at radius 3 is 2.44 bits per heavy atom. The summed E-state index contributed by atoms with van der Waals surface area (Å²) in [6.45, 7) is 11.2. The maximum Gasteiger partial charge on any atom is 0.193 e. The van der Waals surface area contributed by atoms with E-state index in [4.69, 9.17) is 4.74 Å². The van der Waals surface area contributed by atoms with Crippen LogP contribution in [0.2, 0.25) is 0 Å². The van der Waals surface area contributed by atoms with Gasteiger partial charge < -0.3 is 15.0 Å². The summed E-state index contributed by atoms with van der Waals surface area (Å²) in [5, 5.41) is 3.47. The van der Waals surface area contributed by atoms with Gasteiger partial charge in [0.25, 0.3) is 0 Å². The number of guanidine groups is 1. The number of aliphatic imine (C=N–C) groups is 1. The molecule has 5 heteroatoms. The maximum absolute atomic E-state index is 5.46. The smallest absolute Gasteiger partial charge is 0.193 e. The van der Waals surface area contributed by atoms with Gasteiger partial charge in [0, 0.05) is 46.3 Å². The van der Waals surface area contributed by atoms with Crippen molar-refractivity contribution in [3.63, 3.8) is 0 Å². The molecule has 1 N–H and O–H groups in total. The summed E-state index contributed by atoms with van der Waals surface area (Å²) in [5.74, 6) is 1.56. The zero-order chi connectivity index (χ0) is 18.1. The summed E-state index contributed by atoms with van der Waals surface area (Å²) < 4.78 is 5.46. The molecule has 0 aliphatic carbocycles. The molecule has 0 aromatic heterocycles. The zero-order valence-electron chi connectivity index (χ0n) is 16.3. The Balaban J connectivity index is 1.82. The van der Waals surface area contributed by atoms with E-state index in [1.54, 1.807) is 0 Å². The normalized spacial score (nSPS) is 18.0. The van der Waals surface area contributed by atoms with Crippen LogP contribution in [0.15, 0.2) is 29.3 Å². The van der Waals surface area contributed by atoms with Crippen molar-refractivity contribution in [1.82, 2.24) is 15.1 Å². The molecular weight excluding hydrogens is 312 g/mol. The second-order valence-electron chi connectivity index (χ2n) is 6.79. The molecule has 140 valence electrons. The first-order valence-electron chi connectivity index (χ1n) is 9.45. The van der Waals surface area contributed by atoms with Gasteiger partial charge in [-0.1, -0.05) is 38.1 Å². The Hall–Kier alpha value is -1.59. The number of hydrogen-bond donors (Lipinski definition) is 1. The van der Waals surface area contributed by atoms with Gasteiger partial charge in [0.2, 0.25) is 0 Å². The Labute approximate surface area is 153 Å². The van der Waals surface area contributed by atoms with E-state index in [2.05, 4.69) is 65.3 Å². The highest BCUT2D eigenvalue weighted by Gasteiger charge is 2.18. The molecule has 25 heavy (non-hydrogen) atoms. The first kappa shape index (κ1) is 19.7. The highest BCUT2D eigenvalue weighted by atomic mass is 16.5. The van der Waals surface area contributed by atoms with E-state index in [1.807, 2.05) is 7.05 Å². The molecule has 1 saturated heterocycles. The number of ether oxygens (including phenoxy) is 1. The molecule has 0 spiro atoms. The molecule has 1 aromatic rings. The van der Waals surface area contributed by atoms with Gasteiger partial charge in [0.15, 0.2) is 5.96 Å². The molecule has 0 amide bonds. The molecule has 2 rings (SSSR count). The quantitative estimate of drug-likeness (QED) is 0.580. The molecular formula is C20H34N4O. The number of nitrogens with one attached hydrogen (secondary N) is 1. The van der Waals surface area contributed by atoms with Crippen molar-refractivity contribution in [1.29, 1.82) is 0 Å². The predicted octanol–water partition coefficient (Wildman–Crippen LogP) is 2.57. The second-order valence-corrected chi connectivity index (χ2v) is 6.79. The van der Waals surface area contributed by atoms with Crippen LogP contribution < -0.4 is 5.32 Å². The third-order valence-electron chi connectivity index (χ3n) is 4.90. The lowest BCUT2D eigenvalue weighted by molar-refractivity contribution is 0.181. The van der Waals surface area contributed by atoms with Gasteiger partial charge >= 0.3 is 0 Å². The molecule has 5 nitrogen and oxygen atoms in total. The standard InChI is InChI=1S/C20H34N4O/c1-5-24(6-2)15-18-9-7-17(8-10-18)13-22-20(21-3)23(4)14-19-11-12-25-16-19/h7-10,19H,5-6,11-16H2,1-4H3,(H,21,22). The van der Waals surface area contributed by atoms with Crippen LogP contribution in [0.3, 0.4) is 0 Å². The molecule has 1 unspecified atom stereocenters. The van der Waals surface area contributed by atoms with Gasteiger partial charge in [-0.25, -0.2) is 0 Å². The van der Waals surface area contributed by atoms with Crippen LogP contribution in [0.4, 0.5) is 0 Å². The summed E-state index contributed by atoms with van der Waals surface area (Å²) >= 11 is 0. The largest absolute Gasteiger partial charge is 0.381 e. The van der Waals surface area contributed by atoms with Gasteiger partial charge in [-0.2, -0.15) is 0 Å². The third kappa shape index (κ3) is 6.33. The Bertz CT molecular complexity index is 519. The topological polar surface area (TPSA) is 40.1 Å². The maximum atomic E-state index is 5.46. The predicted molar refractivity (Wildman–Crippen MR) is 105 cm³/mol. The van der Waals surface area contributed by atoms with Crippen LogP contribution in [-0.4, -0.2) is 62.7 Å². The Morgan fingerprint density at radius 1 is 1.20 bits per heavy atom. The van der Waals surface area contributed by atoms with Crippen LogP contribution in [0.5, 0.6) is 0 Å². The van der Waals surface area contributed by atoms with Gasteiger partial charge in [-0.05, 0) is 30.6 Å². The van der Waals surface area contributed by atoms with Crippen molar-refractivity contribution in [2.75, 3.05) is 46.9 Å². The molecule has 0 saturated carbocycles. The average Bonchev–Trinajstić information content (AvgIpc) is 3.14. The fourth-order valence-electron chi connectivity index (χ4n) is 3.23. The summed E-state index contributed by atoms with van der Waals surface area (Å²) in [6.07, 6.45) is 1.15. The summed E-state index contributed by atoms with van der Waals surface area (Å²) in [4.78, 5) is 9.04. The van der Waals surface area contributed by atoms with Crippen molar-refractivity contribution in [2.24, 2.45) is 10.9 Å². The first-order chi connectivity index (χ1) is 12.2. The lowest BCUT2D eigenvalue weighted by Gasteiger charge is -2.24. The number of benzene rings is 1. The molecule has 0 bridgehead atoms. The summed E-state index contributed by atoms with van der Waals surface area (Å²) in [5.41, 5.74) is 2.65. The SMILES string of the molecule is CCN(CC)Cc1ccc(CNC(=NC)N(C)CC2CCOC2)cc1. The number of nitrogens with zero attached hydrogens (tertiary/aromatic N) is 3. The lowest BCUT2D eigenvalue weighted by atomic mass is 10.1. The fourth-order valence-corrected chi connectivity index (χ4v) is 3.23. The molecule has 1 aliphatic rings. The van der Waals surface area contributed by atoms with Crippen molar-refractivity contribution in [2.45, 2.75) is 33.4 Å². The molecule has 1 aromatic carbocycles. The number of hydrogen-bond acceptors (Lipinski definition) is 3. The third-order valence-corrected chi connectivity index (χ3v) is 4.90. The zero-order valence-corrected chi connectivity index (χ0v) is 16.3. The van der Waals surface area contributed by atoms with E-state index in [0.717, 1.165) is 58.3 Å². The highest BCUT2D eigenvalue weighted by molar-refractivity contribution is 5.79. The van der Waals surface area contributed by atoms with Crippen LogP contribution in [-0.2, 0) is 17.8 Å². The van der Waals surface area contributed by atoms with Gasteiger partial charge in [-0.3, -0.25) is 9.89 Å². The van der Waals surface area contributed by atoms with Gasteiger partial charge in [-0.15, -0.1) is 0 Å². The van der Waals surface area contributed by atoms with Crippen LogP contribution in [0.1, 0.15) is 31.4 Å². The van der Waals surface area contributed by atoms with Crippen LogP contribution >= 0.6 is 0 Å². The van der Waals surface area contributed by atoms with Crippen molar-refractivity contribution < 1.29 is 4.74 Å². The van der Waals surface area contributed by atoms with Gasteiger partial charge in [0.05, 0.1) is 6.61 Å². The van der Waals surface area contributed by atoms with E-state index in [9.17, 15) is 0 Å². The first-order valence-corrected chi connectivity index (χ1v) is 9.45. The van der Waals surface area contributed by atoms with Crippen molar-refractivity contribution >= 4 is 5.96 Å². The minimum atomic E-state index is 0.614. The molecule has 1 aliphatic heterocycles. The molecule has 1 fully saturated rings. The highest BCUT2D eigenvalue weighted by Crippen LogP contribution is 2.13. The fraction of sp³-hybridized carbons (Fsp3) is 0.650. The van der Waals surface area contributed by atoms with E-state index < -0.39 is 0 Å². The van der Waals surface area contributed by atoms with E-state index in [-0.39, 0.29) is 0 Å². The van der Waals surface area contributed by atoms with Gasteiger partial charge in [0.1, 0.15) is 0 Å². The van der Waals surface area contributed by atoms with E-state index in [0.29, 0.717) is 5.92 Å².